The summed E-state index contributed by atoms with van der Waals surface area (Å²) < 4.78 is 5.01. The molecule has 0 amide bonds. The molecule has 22 heavy (non-hydrogen) atoms. The van der Waals surface area contributed by atoms with Crippen LogP contribution in [0.25, 0.3) is 0 Å². The number of hydrogen-bond donors (Lipinski definition) is 0. The van der Waals surface area contributed by atoms with Gasteiger partial charge in [-0.2, -0.15) is 0 Å². The molecule has 7 heteroatoms. The number of aromatic nitrogens is 2. The van der Waals surface area contributed by atoms with Gasteiger partial charge in [-0.25, -0.2) is 14.8 Å². The van der Waals surface area contributed by atoms with Gasteiger partial charge >= 0.3 is 5.97 Å². The van der Waals surface area contributed by atoms with Gasteiger partial charge in [-0.3, -0.25) is 4.90 Å². The van der Waals surface area contributed by atoms with Crippen molar-refractivity contribution in [3.8, 4) is 0 Å². The molecule has 0 aromatic carbocycles. The molecule has 1 aliphatic heterocycles. The van der Waals surface area contributed by atoms with E-state index in [1.807, 2.05) is 6.92 Å². The predicted octanol–water partition coefficient (Wildman–Crippen LogP) is 3.42. The summed E-state index contributed by atoms with van der Waals surface area (Å²) >= 11 is 3.24. The highest BCUT2D eigenvalue weighted by atomic mass is 32.1. The molecule has 0 radical (unpaired) electrons. The molecule has 0 spiro atoms. The lowest BCUT2D eigenvalue weighted by Crippen LogP contribution is -2.23. The van der Waals surface area contributed by atoms with Crippen LogP contribution in [0.1, 0.15) is 52.0 Å². The summed E-state index contributed by atoms with van der Waals surface area (Å²) in [5.41, 5.74) is 1.55. The third kappa shape index (κ3) is 3.37. The van der Waals surface area contributed by atoms with Crippen molar-refractivity contribution < 1.29 is 9.53 Å². The zero-order valence-corrected chi connectivity index (χ0v) is 14.4. The first kappa shape index (κ1) is 15.6. The monoisotopic (exact) mass is 337 g/mol. The van der Waals surface area contributed by atoms with Crippen LogP contribution in [0.4, 0.5) is 0 Å². The summed E-state index contributed by atoms with van der Waals surface area (Å²) in [6.45, 7) is 6.12. The van der Waals surface area contributed by atoms with Crippen LogP contribution in [-0.2, 0) is 11.3 Å². The second-order valence-electron chi connectivity index (χ2n) is 5.28. The van der Waals surface area contributed by atoms with Crippen LogP contribution < -0.4 is 0 Å². The Bertz CT molecular complexity index is 653. The molecule has 0 unspecified atom stereocenters. The summed E-state index contributed by atoms with van der Waals surface area (Å²) in [6.07, 6.45) is 2.24. The number of rotatable bonds is 5. The Kier molecular flexibility index (Phi) is 4.85. The highest BCUT2D eigenvalue weighted by Gasteiger charge is 2.29. The van der Waals surface area contributed by atoms with Crippen LogP contribution in [0, 0.1) is 6.92 Å². The molecule has 0 bridgehead atoms. The molecule has 2 aromatic rings. The number of likely N-dealkylation sites (tertiary alicyclic amines) is 1. The van der Waals surface area contributed by atoms with E-state index in [-0.39, 0.29) is 12.0 Å². The van der Waals surface area contributed by atoms with E-state index in [1.54, 1.807) is 35.0 Å². The minimum atomic E-state index is -0.329. The molecule has 1 fully saturated rings. The fourth-order valence-corrected chi connectivity index (χ4v) is 4.28. The molecule has 0 aliphatic carbocycles. The van der Waals surface area contributed by atoms with Crippen LogP contribution in [0.2, 0.25) is 0 Å². The lowest BCUT2D eigenvalue weighted by Gasteiger charge is -2.21. The number of thiazole rings is 2. The SMILES string of the molecule is CCOC(=O)c1csc([C@H]2CCCN2Cc2csc(C)n2)n1. The van der Waals surface area contributed by atoms with E-state index in [0.717, 1.165) is 41.6 Å². The fourth-order valence-electron chi connectivity index (χ4n) is 2.72. The lowest BCUT2D eigenvalue weighted by atomic mass is 10.2. The first-order valence-electron chi connectivity index (χ1n) is 7.45. The minimum Gasteiger partial charge on any atom is -0.461 e. The number of nitrogens with zero attached hydrogens (tertiary/aromatic N) is 3. The van der Waals surface area contributed by atoms with Crippen LogP contribution in [0.3, 0.4) is 0 Å². The molecule has 3 rings (SSSR count). The molecule has 1 aliphatic rings. The van der Waals surface area contributed by atoms with E-state index in [0.29, 0.717) is 12.3 Å². The lowest BCUT2D eigenvalue weighted by molar-refractivity contribution is 0.0520. The highest BCUT2D eigenvalue weighted by Crippen LogP contribution is 2.35. The van der Waals surface area contributed by atoms with Crippen molar-refractivity contribution in [2.75, 3.05) is 13.2 Å². The Morgan fingerprint density at radius 3 is 3.00 bits per heavy atom. The van der Waals surface area contributed by atoms with Crippen LogP contribution >= 0.6 is 22.7 Å². The van der Waals surface area contributed by atoms with Gasteiger partial charge in [0.15, 0.2) is 5.69 Å². The van der Waals surface area contributed by atoms with Crippen LogP contribution in [-0.4, -0.2) is 34.0 Å². The van der Waals surface area contributed by atoms with Crippen LogP contribution in [0.15, 0.2) is 10.8 Å². The second kappa shape index (κ2) is 6.85. The van der Waals surface area contributed by atoms with Crippen molar-refractivity contribution in [3.63, 3.8) is 0 Å². The van der Waals surface area contributed by atoms with Gasteiger partial charge < -0.3 is 4.74 Å². The molecule has 0 N–H and O–H groups in total. The molecule has 3 heterocycles. The van der Waals surface area contributed by atoms with Crippen molar-refractivity contribution in [2.24, 2.45) is 0 Å². The molecular weight excluding hydrogens is 318 g/mol. The van der Waals surface area contributed by atoms with E-state index < -0.39 is 0 Å². The average molecular weight is 337 g/mol. The number of carbonyl (C=O) groups excluding carboxylic acids is 1. The van der Waals surface area contributed by atoms with Gasteiger partial charge in [0.05, 0.1) is 23.4 Å². The second-order valence-corrected chi connectivity index (χ2v) is 7.23. The van der Waals surface area contributed by atoms with Gasteiger partial charge in [0.1, 0.15) is 5.01 Å². The maximum Gasteiger partial charge on any atom is 0.357 e. The van der Waals surface area contributed by atoms with Gasteiger partial charge in [0.2, 0.25) is 0 Å². The van der Waals surface area contributed by atoms with E-state index >= 15 is 0 Å². The number of esters is 1. The summed E-state index contributed by atoms with van der Waals surface area (Å²) in [5.74, 6) is -0.329. The maximum absolute atomic E-state index is 11.7. The van der Waals surface area contributed by atoms with Gasteiger partial charge in [-0.1, -0.05) is 0 Å². The van der Waals surface area contributed by atoms with Gasteiger partial charge in [0.25, 0.3) is 0 Å². The van der Waals surface area contributed by atoms with Crippen molar-refractivity contribution >= 4 is 28.6 Å². The Balaban J connectivity index is 1.71. The molecule has 2 aromatic heterocycles. The number of ether oxygens (including phenoxy) is 1. The number of hydrogen-bond acceptors (Lipinski definition) is 7. The van der Waals surface area contributed by atoms with Crippen molar-refractivity contribution in [2.45, 2.75) is 39.3 Å². The van der Waals surface area contributed by atoms with E-state index in [1.165, 1.54) is 0 Å². The summed E-state index contributed by atoms with van der Waals surface area (Å²) in [7, 11) is 0. The van der Waals surface area contributed by atoms with Gasteiger partial charge in [-0.15, -0.1) is 22.7 Å². The predicted molar refractivity (Wildman–Crippen MR) is 87.3 cm³/mol. The number of carbonyl (C=O) groups is 1. The average Bonchev–Trinajstić information content (AvgIpc) is 3.20. The Morgan fingerprint density at radius 1 is 1.41 bits per heavy atom. The molecule has 1 saturated heterocycles. The van der Waals surface area contributed by atoms with E-state index in [4.69, 9.17) is 4.74 Å². The van der Waals surface area contributed by atoms with Crippen molar-refractivity contribution in [1.82, 2.24) is 14.9 Å². The summed E-state index contributed by atoms with van der Waals surface area (Å²) in [5, 5.41) is 6.03. The Hall–Kier alpha value is -1.31. The fraction of sp³-hybridized carbons (Fsp3) is 0.533. The highest BCUT2D eigenvalue weighted by molar-refractivity contribution is 7.10. The third-order valence-corrected chi connectivity index (χ3v) is 5.46. The molecule has 5 nitrogen and oxygen atoms in total. The largest absolute Gasteiger partial charge is 0.461 e. The Labute approximate surface area is 138 Å². The van der Waals surface area contributed by atoms with Gasteiger partial charge in [-0.05, 0) is 33.2 Å². The van der Waals surface area contributed by atoms with Gasteiger partial charge in [0, 0.05) is 17.3 Å². The van der Waals surface area contributed by atoms with E-state index in [9.17, 15) is 4.79 Å². The molecule has 1 atom stereocenters. The molecule has 118 valence electrons. The van der Waals surface area contributed by atoms with Crippen LogP contribution in [0.5, 0.6) is 0 Å². The number of aryl methyl sites for hydroxylation is 1. The Morgan fingerprint density at radius 2 is 2.27 bits per heavy atom. The summed E-state index contributed by atoms with van der Waals surface area (Å²) in [4.78, 5) is 23.2. The zero-order valence-electron chi connectivity index (χ0n) is 12.7. The third-order valence-electron chi connectivity index (χ3n) is 3.69. The molecule has 0 saturated carbocycles. The minimum absolute atomic E-state index is 0.287. The topological polar surface area (TPSA) is 55.3 Å². The van der Waals surface area contributed by atoms with E-state index in [2.05, 4.69) is 20.2 Å². The molecular formula is C15H19N3O2S2. The van der Waals surface area contributed by atoms with Crippen molar-refractivity contribution in [1.29, 1.82) is 0 Å². The summed E-state index contributed by atoms with van der Waals surface area (Å²) in [6, 6.07) is 0.287. The quantitative estimate of drug-likeness (QED) is 0.783. The zero-order chi connectivity index (χ0) is 15.5. The first-order chi connectivity index (χ1) is 10.7. The standard InChI is InChI=1S/C15H19N3O2S2/c1-3-20-15(19)12-9-22-14(17-12)13-5-4-6-18(13)7-11-8-21-10(2)16-11/h8-9,13H,3-7H2,1-2H3/t13-/m1/s1. The first-order valence-corrected chi connectivity index (χ1v) is 9.21. The normalized spacial score (nSPS) is 18.7. The van der Waals surface area contributed by atoms with Crippen molar-refractivity contribution in [3.05, 3.63) is 32.2 Å². The maximum atomic E-state index is 11.7. The smallest absolute Gasteiger partial charge is 0.357 e.